The van der Waals surface area contributed by atoms with E-state index in [2.05, 4.69) is 10.6 Å². The van der Waals surface area contributed by atoms with Gasteiger partial charge >= 0.3 is 6.03 Å². The molecule has 0 saturated carbocycles. The van der Waals surface area contributed by atoms with Gasteiger partial charge in [0.25, 0.3) is 5.91 Å². The second kappa shape index (κ2) is 8.93. The van der Waals surface area contributed by atoms with Gasteiger partial charge in [0.05, 0.1) is 13.2 Å². The second-order valence-electron chi connectivity index (χ2n) is 4.27. The summed E-state index contributed by atoms with van der Waals surface area (Å²) >= 11 is 0. The van der Waals surface area contributed by atoms with Gasteiger partial charge in [0.1, 0.15) is 6.10 Å². The van der Waals surface area contributed by atoms with Crippen LogP contribution in [0.1, 0.15) is 13.8 Å². The lowest BCUT2D eigenvalue weighted by atomic mass is 10.2. The summed E-state index contributed by atoms with van der Waals surface area (Å²) in [5, 5.41) is 5.14. The molecule has 1 aromatic carbocycles. The normalized spacial score (nSPS) is 11.7. The van der Waals surface area contributed by atoms with E-state index in [0.717, 1.165) is 0 Å². The van der Waals surface area contributed by atoms with Crippen molar-refractivity contribution in [2.45, 2.75) is 20.0 Å². The number of carbonyl (C=O) groups is 2. The molecule has 0 bridgehead atoms. The molecule has 116 valence electrons. The first-order valence-corrected chi connectivity index (χ1v) is 6.69. The Morgan fingerprint density at radius 3 is 2.52 bits per heavy atom. The molecule has 1 rings (SSSR count). The molecular formula is C14H21N3O4. The van der Waals surface area contributed by atoms with E-state index in [0.29, 0.717) is 31.2 Å². The van der Waals surface area contributed by atoms with Crippen molar-refractivity contribution in [1.82, 2.24) is 0 Å². The number of anilines is 2. The van der Waals surface area contributed by atoms with Crippen molar-refractivity contribution in [3.63, 3.8) is 0 Å². The number of primary amides is 1. The van der Waals surface area contributed by atoms with E-state index in [1.165, 1.54) is 0 Å². The molecule has 1 atom stereocenters. The van der Waals surface area contributed by atoms with E-state index in [9.17, 15) is 9.59 Å². The second-order valence-corrected chi connectivity index (χ2v) is 4.27. The minimum Gasteiger partial charge on any atom is -0.379 e. The number of hydrogen-bond acceptors (Lipinski definition) is 4. The van der Waals surface area contributed by atoms with Crippen LogP contribution in [-0.2, 0) is 14.3 Å². The maximum absolute atomic E-state index is 11.9. The third-order valence-corrected chi connectivity index (χ3v) is 2.57. The molecule has 0 fully saturated rings. The molecule has 0 aliphatic carbocycles. The first kappa shape index (κ1) is 16.9. The number of ether oxygens (including phenoxy) is 2. The summed E-state index contributed by atoms with van der Waals surface area (Å²) in [5.41, 5.74) is 6.09. The van der Waals surface area contributed by atoms with Crippen LogP contribution < -0.4 is 16.4 Å². The molecule has 4 N–H and O–H groups in total. The highest BCUT2D eigenvalue weighted by molar-refractivity contribution is 5.95. The van der Waals surface area contributed by atoms with Crippen LogP contribution in [0.4, 0.5) is 16.2 Å². The average Bonchev–Trinajstić information content (AvgIpc) is 2.43. The minimum absolute atomic E-state index is 0.275. The Labute approximate surface area is 123 Å². The summed E-state index contributed by atoms with van der Waals surface area (Å²) in [6.07, 6.45) is -0.599. The predicted molar refractivity (Wildman–Crippen MR) is 80.2 cm³/mol. The van der Waals surface area contributed by atoms with Gasteiger partial charge in [0.15, 0.2) is 0 Å². The van der Waals surface area contributed by atoms with Crippen LogP contribution >= 0.6 is 0 Å². The number of amides is 3. The van der Waals surface area contributed by atoms with Crippen LogP contribution in [0.5, 0.6) is 0 Å². The van der Waals surface area contributed by atoms with Crippen molar-refractivity contribution in [1.29, 1.82) is 0 Å². The highest BCUT2D eigenvalue weighted by atomic mass is 16.5. The molecule has 0 heterocycles. The van der Waals surface area contributed by atoms with E-state index in [1.54, 1.807) is 31.2 Å². The Morgan fingerprint density at radius 2 is 1.90 bits per heavy atom. The number of hydrogen-bond donors (Lipinski definition) is 3. The molecule has 0 aliphatic rings. The van der Waals surface area contributed by atoms with Gasteiger partial charge in [-0.2, -0.15) is 0 Å². The maximum atomic E-state index is 11.9. The largest absolute Gasteiger partial charge is 0.379 e. The Bertz CT molecular complexity index is 479. The summed E-state index contributed by atoms with van der Waals surface area (Å²) in [4.78, 5) is 22.7. The van der Waals surface area contributed by atoms with Crippen molar-refractivity contribution in [2.75, 3.05) is 30.5 Å². The highest BCUT2D eigenvalue weighted by Gasteiger charge is 2.13. The average molecular weight is 295 g/mol. The smallest absolute Gasteiger partial charge is 0.316 e. The monoisotopic (exact) mass is 295 g/mol. The molecule has 0 saturated heterocycles. The van der Waals surface area contributed by atoms with Crippen LogP contribution in [-0.4, -0.2) is 37.9 Å². The first-order chi connectivity index (χ1) is 10.0. The SMILES string of the molecule is CCOCCO[C@@H](C)C(=O)Nc1cccc(NC(N)=O)c1. The molecule has 0 aliphatic heterocycles. The third-order valence-electron chi connectivity index (χ3n) is 2.57. The number of benzene rings is 1. The zero-order valence-electron chi connectivity index (χ0n) is 12.2. The summed E-state index contributed by atoms with van der Waals surface area (Å²) in [5.74, 6) is -0.275. The number of nitrogens with one attached hydrogen (secondary N) is 2. The Hall–Kier alpha value is -2.12. The van der Waals surface area contributed by atoms with Crippen molar-refractivity contribution in [3.05, 3.63) is 24.3 Å². The Balaban J connectivity index is 2.48. The molecule has 0 aromatic heterocycles. The quantitative estimate of drug-likeness (QED) is 0.633. The number of rotatable bonds is 8. The molecule has 21 heavy (non-hydrogen) atoms. The predicted octanol–water partition coefficient (Wildman–Crippen LogP) is 1.56. The molecule has 3 amide bonds. The lowest BCUT2D eigenvalue weighted by Gasteiger charge is -2.14. The Kier molecular flexibility index (Phi) is 7.20. The number of carbonyl (C=O) groups excluding carboxylic acids is 2. The number of urea groups is 1. The van der Waals surface area contributed by atoms with Gasteiger partial charge in [-0.25, -0.2) is 4.79 Å². The van der Waals surface area contributed by atoms with E-state index in [4.69, 9.17) is 15.2 Å². The van der Waals surface area contributed by atoms with Crippen molar-refractivity contribution in [3.8, 4) is 0 Å². The van der Waals surface area contributed by atoms with Crippen LogP contribution in [0, 0.1) is 0 Å². The fraction of sp³-hybridized carbons (Fsp3) is 0.429. The topological polar surface area (TPSA) is 103 Å². The van der Waals surface area contributed by atoms with Gasteiger partial charge in [0, 0.05) is 18.0 Å². The lowest BCUT2D eigenvalue weighted by Crippen LogP contribution is -2.29. The van der Waals surface area contributed by atoms with E-state index in [-0.39, 0.29) is 5.91 Å². The molecule has 0 unspecified atom stereocenters. The van der Waals surface area contributed by atoms with Gasteiger partial charge < -0.3 is 25.8 Å². The number of nitrogens with two attached hydrogens (primary N) is 1. The van der Waals surface area contributed by atoms with Crippen molar-refractivity contribution >= 4 is 23.3 Å². The summed E-state index contributed by atoms with van der Waals surface area (Å²) < 4.78 is 10.5. The fourth-order valence-corrected chi connectivity index (χ4v) is 1.56. The van der Waals surface area contributed by atoms with Gasteiger partial charge in [-0.1, -0.05) is 6.07 Å². The van der Waals surface area contributed by atoms with E-state index < -0.39 is 12.1 Å². The maximum Gasteiger partial charge on any atom is 0.316 e. The minimum atomic E-state index is -0.661. The molecular weight excluding hydrogens is 274 g/mol. The van der Waals surface area contributed by atoms with Crippen LogP contribution in [0.15, 0.2) is 24.3 Å². The van der Waals surface area contributed by atoms with Crippen LogP contribution in [0.3, 0.4) is 0 Å². The van der Waals surface area contributed by atoms with Gasteiger partial charge in [0.2, 0.25) is 0 Å². The van der Waals surface area contributed by atoms with Crippen molar-refractivity contribution < 1.29 is 19.1 Å². The summed E-state index contributed by atoms with van der Waals surface area (Å²) in [7, 11) is 0. The van der Waals surface area contributed by atoms with E-state index in [1.807, 2.05) is 6.92 Å². The molecule has 0 spiro atoms. The van der Waals surface area contributed by atoms with Gasteiger partial charge in [-0.15, -0.1) is 0 Å². The van der Waals surface area contributed by atoms with Crippen LogP contribution in [0.2, 0.25) is 0 Å². The summed E-state index contributed by atoms with van der Waals surface area (Å²) in [6.45, 7) is 4.97. The van der Waals surface area contributed by atoms with Crippen LogP contribution in [0.25, 0.3) is 0 Å². The van der Waals surface area contributed by atoms with Crippen molar-refractivity contribution in [2.24, 2.45) is 5.73 Å². The van der Waals surface area contributed by atoms with E-state index >= 15 is 0 Å². The molecule has 1 aromatic rings. The Morgan fingerprint density at radius 1 is 1.24 bits per heavy atom. The fourth-order valence-electron chi connectivity index (χ4n) is 1.56. The molecule has 0 radical (unpaired) electrons. The third kappa shape index (κ3) is 6.73. The molecule has 7 heteroatoms. The first-order valence-electron chi connectivity index (χ1n) is 6.69. The van der Waals surface area contributed by atoms with Gasteiger partial charge in [-0.05, 0) is 32.0 Å². The zero-order valence-corrected chi connectivity index (χ0v) is 12.2. The van der Waals surface area contributed by atoms with Gasteiger partial charge in [-0.3, -0.25) is 4.79 Å². The lowest BCUT2D eigenvalue weighted by molar-refractivity contribution is -0.127. The highest BCUT2D eigenvalue weighted by Crippen LogP contribution is 2.15. The molecule has 7 nitrogen and oxygen atoms in total. The summed E-state index contributed by atoms with van der Waals surface area (Å²) in [6, 6.07) is 6.02. The standard InChI is InChI=1S/C14H21N3O4/c1-3-20-7-8-21-10(2)13(18)16-11-5-4-6-12(9-11)17-14(15)19/h4-6,9-10H,3,7-8H2,1-2H3,(H,16,18)(H3,15,17,19)/t10-/m0/s1. The zero-order chi connectivity index (χ0) is 15.7.